The SMILES string of the molecule is CCc1[nH]nc(NC(=O)[C@@H](N)C(C)C)c1C. The summed E-state index contributed by atoms with van der Waals surface area (Å²) in [6.45, 7) is 7.79. The fourth-order valence-electron chi connectivity index (χ4n) is 1.40. The van der Waals surface area contributed by atoms with Crippen molar-refractivity contribution in [2.75, 3.05) is 5.32 Å². The van der Waals surface area contributed by atoms with Gasteiger partial charge in [-0.2, -0.15) is 5.10 Å². The van der Waals surface area contributed by atoms with Crippen molar-refractivity contribution >= 4 is 11.7 Å². The number of H-pyrrole nitrogens is 1. The number of nitrogens with one attached hydrogen (secondary N) is 2. The highest BCUT2D eigenvalue weighted by atomic mass is 16.2. The molecule has 0 aromatic carbocycles. The number of amides is 1. The molecule has 0 saturated heterocycles. The zero-order valence-corrected chi connectivity index (χ0v) is 10.3. The van der Waals surface area contributed by atoms with Gasteiger partial charge in [0.25, 0.3) is 0 Å². The lowest BCUT2D eigenvalue weighted by atomic mass is 10.1. The molecule has 1 atom stereocenters. The topological polar surface area (TPSA) is 83.8 Å². The van der Waals surface area contributed by atoms with Gasteiger partial charge in [-0.25, -0.2) is 0 Å². The van der Waals surface area contributed by atoms with Gasteiger partial charge in [-0.15, -0.1) is 0 Å². The molecule has 0 aliphatic heterocycles. The third-order valence-electron chi connectivity index (χ3n) is 2.73. The van der Waals surface area contributed by atoms with E-state index in [1.54, 1.807) is 0 Å². The summed E-state index contributed by atoms with van der Waals surface area (Å²) in [7, 11) is 0. The minimum absolute atomic E-state index is 0.116. The lowest BCUT2D eigenvalue weighted by molar-refractivity contribution is -0.118. The summed E-state index contributed by atoms with van der Waals surface area (Å²) in [5.74, 6) is 0.509. The zero-order valence-electron chi connectivity index (χ0n) is 10.3. The van der Waals surface area contributed by atoms with Gasteiger partial charge in [0.1, 0.15) is 0 Å². The minimum atomic E-state index is -0.499. The predicted octanol–water partition coefficient (Wildman–Crippen LogP) is 1.20. The molecule has 0 unspecified atom stereocenters. The van der Waals surface area contributed by atoms with E-state index in [4.69, 9.17) is 5.73 Å². The predicted molar refractivity (Wildman–Crippen MR) is 64.1 cm³/mol. The molecule has 0 bridgehead atoms. The molecule has 1 aromatic rings. The molecule has 5 nitrogen and oxygen atoms in total. The first-order valence-electron chi connectivity index (χ1n) is 5.57. The summed E-state index contributed by atoms with van der Waals surface area (Å²) in [6, 6.07) is -0.499. The molecule has 1 heterocycles. The van der Waals surface area contributed by atoms with E-state index in [0.29, 0.717) is 5.82 Å². The molecule has 4 N–H and O–H groups in total. The van der Waals surface area contributed by atoms with Crippen molar-refractivity contribution in [3.05, 3.63) is 11.3 Å². The van der Waals surface area contributed by atoms with Gasteiger partial charge in [-0.05, 0) is 19.3 Å². The number of hydrogen-bond acceptors (Lipinski definition) is 3. The summed E-state index contributed by atoms with van der Waals surface area (Å²) in [6.07, 6.45) is 0.866. The van der Waals surface area contributed by atoms with Crippen LogP contribution in [0.4, 0.5) is 5.82 Å². The van der Waals surface area contributed by atoms with Gasteiger partial charge in [0.2, 0.25) is 5.91 Å². The standard InChI is InChI=1S/C11H20N4O/c1-5-8-7(4)10(15-14-8)13-11(16)9(12)6(2)3/h6,9H,5,12H2,1-4H3,(H2,13,14,15,16)/t9-/m0/s1. The lowest BCUT2D eigenvalue weighted by Gasteiger charge is -2.14. The van der Waals surface area contributed by atoms with E-state index in [9.17, 15) is 4.79 Å². The van der Waals surface area contributed by atoms with Crippen LogP contribution in [0.15, 0.2) is 0 Å². The van der Waals surface area contributed by atoms with E-state index >= 15 is 0 Å². The van der Waals surface area contributed by atoms with Crippen LogP contribution in [0.5, 0.6) is 0 Å². The van der Waals surface area contributed by atoms with E-state index in [2.05, 4.69) is 15.5 Å². The zero-order chi connectivity index (χ0) is 12.3. The lowest BCUT2D eigenvalue weighted by Crippen LogP contribution is -2.39. The maximum absolute atomic E-state index is 11.7. The number of carbonyl (C=O) groups is 1. The normalized spacial score (nSPS) is 12.9. The molecule has 1 amide bonds. The third kappa shape index (κ3) is 2.61. The van der Waals surface area contributed by atoms with E-state index in [1.165, 1.54) is 0 Å². The van der Waals surface area contributed by atoms with Crippen LogP contribution in [-0.4, -0.2) is 22.1 Å². The second-order valence-electron chi connectivity index (χ2n) is 4.29. The van der Waals surface area contributed by atoms with Gasteiger partial charge in [0, 0.05) is 11.3 Å². The Labute approximate surface area is 95.8 Å². The molecule has 0 radical (unpaired) electrons. The van der Waals surface area contributed by atoms with E-state index in [1.807, 2.05) is 27.7 Å². The van der Waals surface area contributed by atoms with Crippen LogP contribution in [-0.2, 0) is 11.2 Å². The van der Waals surface area contributed by atoms with Crippen molar-refractivity contribution in [3.8, 4) is 0 Å². The third-order valence-corrected chi connectivity index (χ3v) is 2.73. The van der Waals surface area contributed by atoms with E-state index in [-0.39, 0.29) is 11.8 Å². The molecule has 1 rings (SSSR count). The first-order chi connectivity index (χ1) is 7.47. The Bertz CT molecular complexity index is 370. The maximum atomic E-state index is 11.7. The Morgan fingerprint density at radius 2 is 2.19 bits per heavy atom. The first kappa shape index (κ1) is 12.7. The Morgan fingerprint density at radius 3 is 2.62 bits per heavy atom. The number of aryl methyl sites for hydroxylation is 1. The van der Waals surface area contributed by atoms with Crippen LogP contribution in [0.1, 0.15) is 32.0 Å². The van der Waals surface area contributed by atoms with Crippen molar-refractivity contribution in [1.82, 2.24) is 10.2 Å². The molecule has 1 aromatic heterocycles. The molecule has 0 aliphatic carbocycles. The van der Waals surface area contributed by atoms with Gasteiger partial charge in [0.15, 0.2) is 5.82 Å². The molecular formula is C11H20N4O. The number of hydrogen-bond donors (Lipinski definition) is 3. The summed E-state index contributed by atoms with van der Waals surface area (Å²) >= 11 is 0. The Morgan fingerprint density at radius 1 is 1.56 bits per heavy atom. The van der Waals surface area contributed by atoms with Crippen LogP contribution in [0.3, 0.4) is 0 Å². The van der Waals surface area contributed by atoms with Crippen molar-refractivity contribution in [2.45, 2.75) is 40.2 Å². The Kier molecular flexibility index (Phi) is 4.06. The highest BCUT2D eigenvalue weighted by Gasteiger charge is 2.19. The fraction of sp³-hybridized carbons (Fsp3) is 0.636. The average Bonchev–Trinajstić information content (AvgIpc) is 2.58. The van der Waals surface area contributed by atoms with Crippen molar-refractivity contribution in [1.29, 1.82) is 0 Å². The highest BCUT2D eigenvalue weighted by Crippen LogP contribution is 2.15. The number of nitrogens with zero attached hydrogens (tertiary/aromatic N) is 1. The Hall–Kier alpha value is -1.36. The molecule has 16 heavy (non-hydrogen) atoms. The molecule has 0 fully saturated rings. The van der Waals surface area contributed by atoms with Gasteiger partial charge in [0.05, 0.1) is 6.04 Å². The van der Waals surface area contributed by atoms with E-state index in [0.717, 1.165) is 17.7 Å². The number of aromatic amines is 1. The van der Waals surface area contributed by atoms with Crippen molar-refractivity contribution in [2.24, 2.45) is 11.7 Å². The molecular weight excluding hydrogens is 204 g/mol. The van der Waals surface area contributed by atoms with Crippen molar-refractivity contribution < 1.29 is 4.79 Å². The highest BCUT2D eigenvalue weighted by molar-refractivity contribution is 5.94. The van der Waals surface area contributed by atoms with Crippen LogP contribution in [0.2, 0.25) is 0 Å². The fourth-order valence-corrected chi connectivity index (χ4v) is 1.40. The molecule has 5 heteroatoms. The van der Waals surface area contributed by atoms with Gasteiger partial charge < -0.3 is 11.1 Å². The molecule has 0 spiro atoms. The monoisotopic (exact) mass is 224 g/mol. The second-order valence-corrected chi connectivity index (χ2v) is 4.29. The van der Waals surface area contributed by atoms with Gasteiger partial charge in [-0.1, -0.05) is 20.8 Å². The van der Waals surface area contributed by atoms with Gasteiger partial charge >= 0.3 is 0 Å². The summed E-state index contributed by atoms with van der Waals surface area (Å²) < 4.78 is 0. The maximum Gasteiger partial charge on any atom is 0.242 e. The smallest absolute Gasteiger partial charge is 0.242 e. The summed E-state index contributed by atoms with van der Waals surface area (Å²) in [4.78, 5) is 11.7. The van der Waals surface area contributed by atoms with E-state index < -0.39 is 6.04 Å². The Balaban J connectivity index is 2.73. The average molecular weight is 224 g/mol. The summed E-state index contributed by atoms with van der Waals surface area (Å²) in [5.41, 5.74) is 7.76. The van der Waals surface area contributed by atoms with Gasteiger partial charge in [-0.3, -0.25) is 9.89 Å². The number of aromatic nitrogens is 2. The number of rotatable bonds is 4. The van der Waals surface area contributed by atoms with Crippen molar-refractivity contribution in [3.63, 3.8) is 0 Å². The molecule has 0 aliphatic rings. The molecule has 90 valence electrons. The summed E-state index contributed by atoms with van der Waals surface area (Å²) in [5, 5.41) is 9.69. The minimum Gasteiger partial charge on any atom is -0.320 e. The molecule has 0 saturated carbocycles. The van der Waals surface area contributed by atoms with Crippen LogP contribution >= 0.6 is 0 Å². The quantitative estimate of drug-likeness (QED) is 0.718. The van der Waals surface area contributed by atoms with Crippen LogP contribution in [0, 0.1) is 12.8 Å². The number of carbonyl (C=O) groups excluding carboxylic acids is 1. The number of anilines is 1. The first-order valence-corrected chi connectivity index (χ1v) is 5.57. The van der Waals surface area contributed by atoms with Crippen LogP contribution < -0.4 is 11.1 Å². The largest absolute Gasteiger partial charge is 0.320 e. The number of nitrogens with two attached hydrogens (primary N) is 1. The van der Waals surface area contributed by atoms with Crippen LogP contribution in [0.25, 0.3) is 0 Å². The second kappa shape index (κ2) is 5.12.